The van der Waals surface area contributed by atoms with E-state index in [0.29, 0.717) is 0 Å². The molecule has 0 heterocycles. The molecule has 0 spiro atoms. The Morgan fingerprint density at radius 1 is 0.643 bits per heavy atom. The lowest BCUT2D eigenvalue weighted by atomic mass is 10.1. The molecule has 0 bridgehead atoms. The Labute approximate surface area is 83.4 Å². The predicted octanol–water partition coefficient (Wildman–Crippen LogP) is 1.81. The monoisotopic (exact) mass is 190 g/mol. The van der Waals surface area contributed by atoms with E-state index in [1.165, 1.54) is 10.8 Å². The zero-order chi connectivity index (χ0) is 10.2. The van der Waals surface area contributed by atoms with Gasteiger partial charge in [0.2, 0.25) is 0 Å². The summed E-state index contributed by atoms with van der Waals surface area (Å²) in [6.45, 7) is -0.250. The van der Waals surface area contributed by atoms with Gasteiger partial charge in [0.05, 0.1) is 13.2 Å². The Morgan fingerprint density at radius 2 is 0.929 bits per heavy atom. The summed E-state index contributed by atoms with van der Waals surface area (Å²) in [6.07, 6.45) is 0. The largest absolute Gasteiger partial charge is 0.394 e. The van der Waals surface area contributed by atoms with Crippen LogP contribution in [0, 0.1) is 0 Å². The predicted molar refractivity (Wildman–Crippen MR) is 58.1 cm³/mol. The van der Waals surface area contributed by atoms with Crippen LogP contribution in [0.15, 0.2) is 48.5 Å². The van der Waals surface area contributed by atoms with E-state index in [4.69, 9.17) is 10.2 Å². The van der Waals surface area contributed by atoms with Crippen LogP contribution in [0.3, 0.4) is 0 Å². The highest BCUT2D eigenvalue weighted by molar-refractivity contribution is 5.81. The number of hydrogen-bond donors (Lipinski definition) is 2. The van der Waals surface area contributed by atoms with Gasteiger partial charge in [0.1, 0.15) is 0 Å². The van der Waals surface area contributed by atoms with E-state index in [-0.39, 0.29) is 13.2 Å². The van der Waals surface area contributed by atoms with Crippen molar-refractivity contribution in [2.75, 3.05) is 13.2 Å². The number of fused-ring (bicyclic) bond motifs is 1. The van der Waals surface area contributed by atoms with Gasteiger partial charge in [0.25, 0.3) is 0 Å². The minimum Gasteiger partial charge on any atom is -0.394 e. The highest BCUT2D eigenvalue weighted by atomic mass is 16.3. The lowest BCUT2D eigenvalue weighted by Gasteiger charge is -1.92. The zero-order valence-electron chi connectivity index (χ0n) is 7.93. The van der Waals surface area contributed by atoms with Gasteiger partial charge in [-0.05, 0) is 10.8 Å². The minimum atomic E-state index is -0.125. The standard InChI is InChI=1S/C10H8.C2H6O2/c1-2-6-10-8-4-3-7-9(10)5-1;3-1-2-4/h1-8H;3-4H,1-2H2. The minimum absolute atomic E-state index is 0.125. The summed E-state index contributed by atoms with van der Waals surface area (Å²) in [6, 6.07) is 16.7. The smallest absolute Gasteiger partial charge is 0.0662 e. The average Bonchev–Trinajstić information content (AvgIpc) is 2.30. The van der Waals surface area contributed by atoms with E-state index < -0.39 is 0 Å². The molecule has 74 valence electrons. The van der Waals surface area contributed by atoms with Gasteiger partial charge < -0.3 is 10.2 Å². The fourth-order valence-corrected chi connectivity index (χ4v) is 1.13. The number of aliphatic hydroxyl groups is 2. The molecule has 0 saturated carbocycles. The molecular formula is C12H14O2. The highest BCUT2D eigenvalue weighted by Crippen LogP contribution is 2.11. The summed E-state index contributed by atoms with van der Waals surface area (Å²) in [4.78, 5) is 0. The van der Waals surface area contributed by atoms with E-state index in [1.54, 1.807) is 0 Å². The van der Waals surface area contributed by atoms with Gasteiger partial charge in [-0.15, -0.1) is 0 Å². The molecule has 0 amide bonds. The topological polar surface area (TPSA) is 40.5 Å². The van der Waals surface area contributed by atoms with Crippen molar-refractivity contribution in [1.82, 2.24) is 0 Å². The second-order valence-corrected chi connectivity index (χ2v) is 2.79. The maximum absolute atomic E-state index is 7.62. The number of benzene rings is 2. The zero-order valence-corrected chi connectivity index (χ0v) is 7.93. The molecule has 2 N–H and O–H groups in total. The first-order valence-electron chi connectivity index (χ1n) is 4.54. The van der Waals surface area contributed by atoms with Crippen LogP contribution in [0.5, 0.6) is 0 Å². The molecule has 0 aliphatic heterocycles. The lowest BCUT2D eigenvalue weighted by molar-refractivity contribution is 0.186. The van der Waals surface area contributed by atoms with Crippen molar-refractivity contribution in [3.8, 4) is 0 Å². The fraction of sp³-hybridized carbons (Fsp3) is 0.167. The maximum Gasteiger partial charge on any atom is 0.0662 e. The van der Waals surface area contributed by atoms with Gasteiger partial charge in [-0.25, -0.2) is 0 Å². The van der Waals surface area contributed by atoms with E-state index in [0.717, 1.165) is 0 Å². The molecule has 0 aliphatic carbocycles. The number of hydrogen-bond acceptors (Lipinski definition) is 2. The van der Waals surface area contributed by atoms with Gasteiger partial charge in [-0.2, -0.15) is 0 Å². The SMILES string of the molecule is OCCO.c1ccc2ccccc2c1. The third-order valence-electron chi connectivity index (χ3n) is 1.76. The molecule has 2 rings (SSSR count). The van der Waals surface area contributed by atoms with Gasteiger partial charge >= 0.3 is 0 Å². The second kappa shape index (κ2) is 6.13. The Hall–Kier alpha value is -1.38. The quantitative estimate of drug-likeness (QED) is 0.720. The van der Waals surface area contributed by atoms with Crippen LogP contribution < -0.4 is 0 Å². The van der Waals surface area contributed by atoms with Gasteiger partial charge in [0.15, 0.2) is 0 Å². The van der Waals surface area contributed by atoms with Gasteiger partial charge in [-0.3, -0.25) is 0 Å². The molecule has 0 atom stereocenters. The molecule has 2 nitrogen and oxygen atoms in total. The molecule has 2 aromatic carbocycles. The Balaban J connectivity index is 0.000000213. The van der Waals surface area contributed by atoms with E-state index >= 15 is 0 Å². The second-order valence-electron chi connectivity index (χ2n) is 2.79. The van der Waals surface area contributed by atoms with Crippen LogP contribution >= 0.6 is 0 Å². The van der Waals surface area contributed by atoms with Crippen molar-refractivity contribution in [3.63, 3.8) is 0 Å². The first-order chi connectivity index (χ1) is 6.88. The molecule has 0 radical (unpaired) electrons. The molecule has 2 aromatic rings. The van der Waals surface area contributed by atoms with Crippen LogP contribution in [-0.2, 0) is 0 Å². The summed E-state index contributed by atoms with van der Waals surface area (Å²) >= 11 is 0. The van der Waals surface area contributed by atoms with E-state index in [9.17, 15) is 0 Å². The Bertz CT molecular complexity index is 304. The maximum atomic E-state index is 7.62. The van der Waals surface area contributed by atoms with Crippen LogP contribution in [0.2, 0.25) is 0 Å². The highest BCUT2D eigenvalue weighted by Gasteiger charge is 1.85. The third-order valence-corrected chi connectivity index (χ3v) is 1.76. The van der Waals surface area contributed by atoms with Crippen molar-refractivity contribution in [2.45, 2.75) is 0 Å². The first kappa shape index (κ1) is 10.7. The van der Waals surface area contributed by atoms with Crippen LogP contribution in [0.4, 0.5) is 0 Å². The van der Waals surface area contributed by atoms with Crippen molar-refractivity contribution in [2.24, 2.45) is 0 Å². The molecule has 14 heavy (non-hydrogen) atoms. The van der Waals surface area contributed by atoms with Crippen LogP contribution in [0.1, 0.15) is 0 Å². The van der Waals surface area contributed by atoms with Crippen molar-refractivity contribution in [1.29, 1.82) is 0 Å². The van der Waals surface area contributed by atoms with E-state index in [2.05, 4.69) is 48.5 Å². The molecule has 0 saturated heterocycles. The molecular weight excluding hydrogens is 176 g/mol. The molecule has 0 unspecified atom stereocenters. The average molecular weight is 190 g/mol. The fourth-order valence-electron chi connectivity index (χ4n) is 1.13. The molecule has 0 fully saturated rings. The molecule has 0 aliphatic rings. The van der Waals surface area contributed by atoms with Gasteiger partial charge in [0, 0.05) is 0 Å². The van der Waals surface area contributed by atoms with Crippen molar-refractivity contribution in [3.05, 3.63) is 48.5 Å². The van der Waals surface area contributed by atoms with Crippen LogP contribution in [0.25, 0.3) is 10.8 Å². The normalized spacial score (nSPS) is 9.29. The van der Waals surface area contributed by atoms with Crippen molar-refractivity contribution < 1.29 is 10.2 Å². The van der Waals surface area contributed by atoms with Crippen LogP contribution in [-0.4, -0.2) is 23.4 Å². The Kier molecular flexibility index (Phi) is 4.69. The third kappa shape index (κ3) is 3.17. The summed E-state index contributed by atoms with van der Waals surface area (Å²) in [7, 11) is 0. The molecule has 2 heteroatoms. The summed E-state index contributed by atoms with van der Waals surface area (Å²) in [5, 5.41) is 17.9. The Morgan fingerprint density at radius 3 is 1.14 bits per heavy atom. The van der Waals surface area contributed by atoms with Gasteiger partial charge in [-0.1, -0.05) is 48.5 Å². The first-order valence-corrected chi connectivity index (χ1v) is 4.54. The van der Waals surface area contributed by atoms with Crippen molar-refractivity contribution >= 4 is 10.8 Å². The number of aliphatic hydroxyl groups excluding tert-OH is 2. The number of rotatable bonds is 1. The summed E-state index contributed by atoms with van der Waals surface area (Å²) in [5.41, 5.74) is 0. The summed E-state index contributed by atoms with van der Waals surface area (Å²) in [5.74, 6) is 0. The summed E-state index contributed by atoms with van der Waals surface area (Å²) < 4.78 is 0. The van der Waals surface area contributed by atoms with E-state index in [1.807, 2.05) is 0 Å². The lowest BCUT2D eigenvalue weighted by Crippen LogP contribution is -1.85. The molecule has 0 aromatic heterocycles.